The second-order valence-corrected chi connectivity index (χ2v) is 8.70. The first-order valence-corrected chi connectivity index (χ1v) is 11.8. The minimum absolute atomic E-state index is 0.339. The van der Waals surface area contributed by atoms with Crippen LogP contribution in [0, 0.1) is 0 Å². The Bertz CT molecular complexity index is 1310. The summed E-state index contributed by atoms with van der Waals surface area (Å²) in [5.74, 6) is 0. The maximum Gasteiger partial charge on any atom is 0.0972 e. The molecular formula is C31H29N3. The van der Waals surface area contributed by atoms with Gasteiger partial charge in [-0.3, -0.25) is 0 Å². The highest BCUT2D eigenvalue weighted by Gasteiger charge is 2.13. The normalized spacial score (nSPS) is 11.9. The smallest absolute Gasteiger partial charge is 0.0972 e. The van der Waals surface area contributed by atoms with Crippen molar-refractivity contribution in [1.29, 1.82) is 0 Å². The highest BCUT2D eigenvalue weighted by molar-refractivity contribution is 5.64. The second kappa shape index (κ2) is 10.3. The largest absolute Gasteiger partial charge is 0.310 e. The monoisotopic (exact) mass is 443 g/mol. The predicted octanol–water partition coefficient (Wildman–Crippen LogP) is 6.93. The number of hydrogen-bond donors (Lipinski definition) is 1. The molecule has 5 aromatic rings. The Morgan fingerprint density at radius 3 is 1.88 bits per heavy atom. The molecule has 4 aromatic carbocycles. The first-order chi connectivity index (χ1) is 16.8. The molecule has 168 valence electrons. The quantitative estimate of drug-likeness (QED) is 0.282. The van der Waals surface area contributed by atoms with E-state index in [1.165, 1.54) is 22.3 Å². The van der Waals surface area contributed by atoms with Crippen LogP contribution in [-0.4, -0.2) is 15.8 Å². The minimum atomic E-state index is 0.339. The maximum absolute atomic E-state index is 4.93. The molecule has 3 heteroatoms. The summed E-state index contributed by atoms with van der Waals surface area (Å²) in [6, 6.07) is 40.5. The molecule has 0 aliphatic heterocycles. The Morgan fingerprint density at radius 1 is 0.676 bits per heavy atom. The van der Waals surface area contributed by atoms with Gasteiger partial charge in [-0.2, -0.15) is 5.10 Å². The molecule has 1 unspecified atom stereocenters. The number of aromatic nitrogens is 2. The zero-order chi connectivity index (χ0) is 23.2. The molecule has 0 fully saturated rings. The highest BCUT2D eigenvalue weighted by atomic mass is 15.3. The Morgan fingerprint density at radius 2 is 1.24 bits per heavy atom. The van der Waals surface area contributed by atoms with Crippen LogP contribution in [0.2, 0.25) is 0 Å². The molecular weight excluding hydrogens is 414 g/mol. The number of benzene rings is 4. The molecule has 5 rings (SSSR count). The Balaban J connectivity index is 1.29. The average molecular weight is 444 g/mol. The van der Waals surface area contributed by atoms with E-state index in [4.69, 9.17) is 5.10 Å². The van der Waals surface area contributed by atoms with Gasteiger partial charge in [-0.05, 0) is 42.2 Å². The Hall–Kier alpha value is -3.95. The number of rotatable bonds is 8. The fourth-order valence-electron chi connectivity index (χ4n) is 4.26. The zero-order valence-electron chi connectivity index (χ0n) is 19.4. The van der Waals surface area contributed by atoms with Crippen molar-refractivity contribution < 1.29 is 0 Å². The van der Waals surface area contributed by atoms with Crippen LogP contribution in [0.5, 0.6) is 0 Å². The zero-order valence-corrected chi connectivity index (χ0v) is 19.4. The van der Waals surface area contributed by atoms with E-state index in [2.05, 4.69) is 109 Å². The van der Waals surface area contributed by atoms with Crippen LogP contribution in [0.3, 0.4) is 0 Å². The first kappa shape index (κ1) is 21.9. The maximum atomic E-state index is 4.93. The van der Waals surface area contributed by atoms with Crippen LogP contribution in [0.1, 0.15) is 18.1 Å². The molecule has 0 bridgehead atoms. The third-order valence-corrected chi connectivity index (χ3v) is 6.10. The fraction of sp³-hybridized carbons (Fsp3) is 0.129. The third-order valence-electron chi connectivity index (χ3n) is 6.10. The molecule has 0 amide bonds. The van der Waals surface area contributed by atoms with E-state index in [-0.39, 0.29) is 0 Å². The molecule has 1 heterocycles. The summed E-state index contributed by atoms with van der Waals surface area (Å²) in [4.78, 5) is 0. The Labute approximate surface area is 201 Å². The SMILES string of the molecule is CC(Cc1ccc(-c2ccccc2)cc1)NCc1cn(-c2ccccc2)nc1-c1ccccc1. The van der Waals surface area contributed by atoms with E-state index in [0.29, 0.717) is 6.04 Å². The van der Waals surface area contributed by atoms with Gasteiger partial charge in [0.15, 0.2) is 0 Å². The molecule has 0 radical (unpaired) electrons. The van der Waals surface area contributed by atoms with Crippen molar-refractivity contribution in [3.63, 3.8) is 0 Å². The van der Waals surface area contributed by atoms with Gasteiger partial charge in [-0.1, -0.05) is 103 Å². The molecule has 0 aliphatic rings. The average Bonchev–Trinajstić information content (AvgIpc) is 3.34. The molecule has 1 aromatic heterocycles. The number of para-hydroxylation sites is 1. The van der Waals surface area contributed by atoms with Crippen molar-refractivity contribution in [2.75, 3.05) is 0 Å². The molecule has 3 nitrogen and oxygen atoms in total. The lowest BCUT2D eigenvalue weighted by Crippen LogP contribution is -2.27. The van der Waals surface area contributed by atoms with E-state index in [9.17, 15) is 0 Å². The summed E-state index contributed by atoms with van der Waals surface area (Å²) < 4.78 is 1.98. The lowest BCUT2D eigenvalue weighted by molar-refractivity contribution is 0.546. The number of nitrogens with one attached hydrogen (secondary N) is 1. The van der Waals surface area contributed by atoms with Crippen molar-refractivity contribution in [3.05, 3.63) is 133 Å². The summed E-state index contributed by atoms with van der Waals surface area (Å²) >= 11 is 0. The molecule has 1 atom stereocenters. The van der Waals surface area contributed by atoms with Crippen LogP contribution in [-0.2, 0) is 13.0 Å². The molecule has 0 saturated heterocycles. The van der Waals surface area contributed by atoms with Gasteiger partial charge in [-0.25, -0.2) is 4.68 Å². The second-order valence-electron chi connectivity index (χ2n) is 8.70. The van der Waals surface area contributed by atoms with Crippen LogP contribution >= 0.6 is 0 Å². The van der Waals surface area contributed by atoms with Gasteiger partial charge in [0, 0.05) is 29.9 Å². The van der Waals surface area contributed by atoms with Gasteiger partial charge < -0.3 is 5.32 Å². The molecule has 0 saturated carbocycles. The van der Waals surface area contributed by atoms with Gasteiger partial charge in [0.1, 0.15) is 0 Å². The van der Waals surface area contributed by atoms with Crippen molar-refractivity contribution in [3.8, 4) is 28.1 Å². The van der Waals surface area contributed by atoms with Crippen molar-refractivity contribution in [1.82, 2.24) is 15.1 Å². The Kier molecular flexibility index (Phi) is 6.64. The van der Waals surface area contributed by atoms with Crippen LogP contribution < -0.4 is 5.32 Å². The lowest BCUT2D eigenvalue weighted by atomic mass is 10.0. The standard InChI is InChI=1S/C31H29N3/c1-24(21-25-17-19-27(20-18-25)26-11-5-2-6-12-26)32-22-29-23-34(30-15-9-4-10-16-30)33-31(29)28-13-7-3-8-14-28/h2-20,23-24,32H,21-22H2,1H3. The van der Waals surface area contributed by atoms with Gasteiger partial charge in [-0.15, -0.1) is 0 Å². The third kappa shape index (κ3) is 5.16. The molecule has 0 aliphatic carbocycles. The number of nitrogens with zero attached hydrogens (tertiary/aromatic N) is 2. The summed E-state index contributed by atoms with van der Waals surface area (Å²) in [7, 11) is 0. The first-order valence-electron chi connectivity index (χ1n) is 11.8. The van der Waals surface area contributed by atoms with Crippen molar-refractivity contribution in [2.24, 2.45) is 0 Å². The highest BCUT2D eigenvalue weighted by Crippen LogP contribution is 2.24. The van der Waals surface area contributed by atoms with Crippen LogP contribution in [0.15, 0.2) is 121 Å². The van der Waals surface area contributed by atoms with Gasteiger partial charge >= 0.3 is 0 Å². The van der Waals surface area contributed by atoms with Gasteiger partial charge in [0.25, 0.3) is 0 Å². The topological polar surface area (TPSA) is 29.9 Å². The summed E-state index contributed by atoms with van der Waals surface area (Å²) in [5.41, 5.74) is 8.27. The summed E-state index contributed by atoms with van der Waals surface area (Å²) in [6.07, 6.45) is 3.12. The van der Waals surface area contributed by atoms with E-state index < -0.39 is 0 Å². The number of hydrogen-bond acceptors (Lipinski definition) is 2. The van der Waals surface area contributed by atoms with E-state index >= 15 is 0 Å². The molecule has 34 heavy (non-hydrogen) atoms. The van der Waals surface area contributed by atoms with Crippen LogP contribution in [0.25, 0.3) is 28.1 Å². The predicted molar refractivity (Wildman–Crippen MR) is 141 cm³/mol. The lowest BCUT2D eigenvalue weighted by Gasteiger charge is -2.14. The fourth-order valence-corrected chi connectivity index (χ4v) is 4.26. The van der Waals surface area contributed by atoms with Crippen LogP contribution in [0.4, 0.5) is 0 Å². The van der Waals surface area contributed by atoms with E-state index in [1.54, 1.807) is 0 Å². The molecule has 1 N–H and O–H groups in total. The van der Waals surface area contributed by atoms with Gasteiger partial charge in [0.05, 0.1) is 11.4 Å². The summed E-state index contributed by atoms with van der Waals surface area (Å²) in [5, 5.41) is 8.64. The summed E-state index contributed by atoms with van der Waals surface area (Å²) in [6.45, 7) is 3.01. The van der Waals surface area contributed by atoms with Crippen molar-refractivity contribution >= 4 is 0 Å². The minimum Gasteiger partial charge on any atom is -0.310 e. The van der Waals surface area contributed by atoms with E-state index in [1.807, 2.05) is 28.9 Å². The van der Waals surface area contributed by atoms with E-state index in [0.717, 1.165) is 29.9 Å². The van der Waals surface area contributed by atoms with Crippen molar-refractivity contribution in [2.45, 2.75) is 25.9 Å². The van der Waals surface area contributed by atoms with Gasteiger partial charge in [0.2, 0.25) is 0 Å². The molecule has 0 spiro atoms.